The standard InChI is InChI=1S/C19H18Cl2F3N3O4/c1-2-27(26-19(29)30)18(28)25-8-11-4-3-10(5-15(11)22)13-6-12(20)7-14(21)17(13)31-9-16(23)24/h3-7,16,26H,2,8-9H2,1H3,(H,25,28)(H,29,30)/p-1. The van der Waals surface area contributed by atoms with Crippen LogP contribution in [0.15, 0.2) is 30.3 Å². The first-order chi connectivity index (χ1) is 14.6. The number of carbonyl (C=O) groups excluding carboxylic acids is 2. The Morgan fingerprint density at radius 2 is 1.94 bits per heavy atom. The summed E-state index contributed by atoms with van der Waals surface area (Å²) in [5.41, 5.74) is 2.35. The molecule has 168 valence electrons. The second kappa shape index (κ2) is 11.0. The van der Waals surface area contributed by atoms with Crippen molar-refractivity contribution in [3.63, 3.8) is 0 Å². The second-order valence-corrected chi connectivity index (χ2v) is 6.92. The fraction of sp³-hybridized carbons (Fsp3) is 0.263. The molecular weight excluding hydrogens is 462 g/mol. The van der Waals surface area contributed by atoms with Gasteiger partial charge in [0, 0.05) is 29.2 Å². The lowest BCUT2D eigenvalue weighted by atomic mass is 10.0. The number of hydrogen-bond donors (Lipinski definition) is 2. The van der Waals surface area contributed by atoms with Crippen LogP contribution in [-0.4, -0.2) is 36.7 Å². The molecule has 0 bridgehead atoms. The second-order valence-electron chi connectivity index (χ2n) is 6.07. The van der Waals surface area contributed by atoms with Crippen molar-refractivity contribution < 1.29 is 32.6 Å². The van der Waals surface area contributed by atoms with E-state index in [1.54, 1.807) is 5.43 Å². The Morgan fingerprint density at radius 3 is 2.52 bits per heavy atom. The van der Waals surface area contributed by atoms with E-state index in [2.05, 4.69) is 5.32 Å². The molecule has 31 heavy (non-hydrogen) atoms. The number of rotatable bonds is 7. The third-order valence-corrected chi connectivity index (χ3v) is 4.44. The van der Waals surface area contributed by atoms with E-state index in [-0.39, 0.29) is 45.6 Å². The fourth-order valence-electron chi connectivity index (χ4n) is 2.58. The number of hydrogen-bond acceptors (Lipinski definition) is 4. The van der Waals surface area contributed by atoms with Crippen molar-refractivity contribution >= 4 is 35.3 Å². The van der Waals surface area contributed by atoms with Gasteiger partial charge in [0.1, 0.15) is 18.2 Å². The Kier molecular flexibility index (Phi) is 8.64. The summed E-state index contributed by atoms with van der Waals surface area (Å²) in [6, 6.07) is 5.84. The predicted octanol–water partition coefficient (Wildman–Crippen LogP) is 3.82. The minimum atomic E-state index is -2.74. The summed E-state index contributed by atoms with van der Waals surface area (Å²) in [4.78, 5) is 22.5. The van der Waals surface area contributed by atoms with E-state index in [9.17, 15) is 27.9 Å². The molecule has 0 aliphatic carbocycles. The summed E-state index contributed by atoms with van der Waals surface area (Å²) >= 11 is 12.0. The average molecular weight is 479 g/mol. The zero-order chi connectivity index (χ0) is 23.1. The van der Waals surface area contributed by atoms with Crippen LogP contribution >= 0.6 is 23.2 Å². The average Bonchev–Trinajstić information content (AvgIpc) is 2.69. The highest BCUT2D eigenvalue weighted by Gasteiger charge is 2.17. The first kappa shape index (κ1) is 24.4. The zero-order valence-electron chi connectivity index (χ0n) is 16.1. The van der Waals surface area contributed by atoms with Gasteiger partial charge in [-0.3, -0.25) is 5.43 Å². The number of alkyl halides is 2. The van der Waals surface area contributed by atoms with Gasteiger partial charge >= 0.3 is 6.03 Å². The smallest absolute Gasteiger partial charge is 0.336 e. The Hall–Kier alpha value is -2.85. The van der Waals surface area contributed by atoms with Gasteiger partial charge in [0.05, 0.1) is 5.02 Å². The topological polar surface area (TPSA) is 93.7 Å². The van der Waals surface area contributed by atoms with Crippen molar-refractivity contribution in [3.05, 3.63) is 51.8 Å². The van der Waals surface area contributed by atoms with E-state index in [0.29, 0.717) is 0 Å². The van der Waals surface area contributed by atoms with Crippen LogP contribution in [0.5, 0.6) is 5.75 Å². The number of amides is 3. The molecule has 3 amide bonds. The lowest BCUT2D eigenvalue weighted by Gasteiger charge is -2.23. The number of nitrogens with one attached hydrogen (secondary N) is 2. The van der Waals surface area contributed by atoms with Crippen molar-refractivity contribution in [3.8, 4) is 16.9 Å². The quantitative estimate of drug-likeness (QED) is 0.591. The van der Waals surface area contributed by atoms with E-state index < -0.39 is 31.0 Å². The molecule has 0 heterocycles. The summed E-state index contributed by atoms with van der Waals surface area (Å²) < 4.78 is 44.8. The van der Waals surface area contributed by atoms with E-state index in [0.717, 1.165) is 11.1 Å². The highest BCUT2D eigenvalue weighted by Crippen LogP contribution is 2.39. The number of nitrogens with zero attached hydrogens (tertiary/aromatic N) is 1. The molecule has 0 atom stereocenters. The maximum absolute atomic E-state index is 14.6. The SMILES string of the molecule is CCN(NC(=O)[O-])C(=O)NCc1ccc(-c2cc(Cl)cc(Cl)c2OCC(F)F)cc1F. The van der Waals surface area contributed by atoms with Crippen LogP contribution in [0.2, 0.25) is 10.0 Å². The fourth-order valence-corrected chi connectivity index (χ4v) is 3.12. The molecule has 7 nitrogen and oxygen atoms in total. The lowest BCUT2D eigenvalue weighted by Crippen LogP contribution is -2.54. The Morgan fingerprint density at radius 1 is 1.23 bits per heavy atom. The maximum Gasteiger partial charge on any atom is 0.336 e. The van der Waals surface area contributed by atoms with Crippen molar-refractivity contribution in [2.75, 3.05) is 13.2 Å². The maximum atomic E-state index is 14.6. The number of benzene rings is 2. The van der Waals surface area contributed by atoms with Gasteiger partial charge in [-0.25, -0.2) is 23.0 Å². The molecule has 12 heteroatoms. The van der Waals surface area contributed by atoms with Crippen molar-refractivity contribution in [2.24, 2.45) is 0 Å². The molecule has 2 rings (SSSR count). The molecule has 0 fully saturated rings. The summed E-state index contributed by atoms with van der Waals surface area (Å²) in [6.45, 7) is 0.378. The number of halogens is 5. The molecule has 0 saturated carbocycles. The van der Waals surface area contributed by atoms with Crippen LogP contribution in [0.1, 0.15) is 12.5 Å². The summed E-state index contributed by atoms with van der Waals surface area (Å²) in [6.07, 6.45) is -4.41. The first-order valence-electron chi connectivity index (χ1n) is 8.84. The third-order valence-electron chi connectivity index (χ3n) is 3.94. The van der Waals surface area contributed by atoms with Crippen LogP contribution in [0.25, 0.3) is 11.1 Å². The molecule has 0 spiro atoms. The van der Waals surface area contributed by atoms with Crippen LogP contribution in [0.3, 0.4) is 0 Å². The third kappa shape index (κ3) is 6.83. The van der Waals surface area contributed by atoms with Crippen LogP contribution in [0, 0.1) is 5.82 Å². The van der Waals surface area contributed by atoms with Gasteiger partial charge in [0.2, 0.25) is 0 Å². The largest absolute Gasteiger partial charge is 0.529 e. The van der Waals surface area contributed by atoms with Gasteiger partial charge in [-0.15, -0.1) is 0 Å². The molecule has 2 aromatic carbocycles. The molecule has 2 aromatic rings. The van der Waals surface area contributed by atoms with Gasteiger partial charge in [-0.05, 0) is 30.7 Å². The number of carbonyl (C=O) groups is 2. The highest BCUT2D eigenvalue weighted by atomic mass is 35.5. The number of carboxylic acid groups (broad SMARTS) is 1. The number of ether oxygens (including phenoxy) is 1. The van der Waals surface area contributed by atoms with Gasteiger partial charge in [0.25, 0.3) is 6.43 Å². The van der Waals surface area contributed by atoms with Crippen LogP contribution in [-0.2, 0) is 6.54 Å². The van der Waals surface area contributed by atoms with Crippen molar-refractivity contribution in [1.29, 1.82) is 0 Å². The number of hydrazine groups is 1. The van der Waals surface area contributed by atoms with E-state index >= 15 is 0 Å². The van der Waals surface area contributed by atoms with Crippen molar-refractivity contribution in [2.45, 2.75) is 19.9 Å². The molecule has 0 radical (unpaired) electrons. The molecular formula is C19H17Cl2F3N3O4-. The molecule has 2 N–H and O–H groups in total. The number of urea groups is 1. The molecule has 0 saturated heterocycles. The molecule has 0 unspecified atom stereocenters. The van der Waals surface area contributed by atoms with Gasteiger partial charge in [0.15, 0.2) is 6.09 Å². The monoisotopic (exact) mass is 478 g/mol. The Bertz CT molecular complexity index is 963. The predicted molar refractivity (Wildman–Crippen MR) is 107 cm³/mol. The van der Waals surface area contributed by atoms with Gasteiger partial charge < -0.3 is 20.0 Å². The van der Waals surface area contributed by atoms with E-state index in [4.69, 9.17) is 27.9 Å². The van der Waals surface area contributed by atoms with E-state index in [1.807, 2.05) is 0 Å². The molecule has 0 aromatic heterocycles. The minimum absolute atomic E-state index is 0.0121. The Balaban J connectivity index is 2.23. The van der Waals surface area contributed by atoms with Crippen LogP contribution < -0.4 is 20.6 Å². The molecule has 0 aliphatic heterocycles. The lowest BCUT2D eigenvalue weighted by molar-refractivity contribution is -0.255. The zero-order valence-corrected chi connectivity index (χ0v) is 17.6. The highest BCUT2D eigenvalue weighted by molar-refractivity contribution is 6.36. The van der Waals surface area contributed by atoms with Crippen LogP contribution in [0.4, 0.5) is 22.8 Å². The van der Waals surface area contributed by atoms with Gasteiger partial charge in [-0.2, -0.15) is 0 Å². The normalized spacial score (nSPS) is 10.7. The molecule has 0 aliphatic rings. The summed E-state index contributed by atoms with van der Waals surface area (Å²) in [5, 5.41) is 13.8. The summed E-state index contributed by atoms with van der Waals surface area (Å²) in [7, 11) is 0. The Labute approximate surface area is 185 Å². The minimum Gasteiger partial charge on any atom is -0.529 e. The summed E-state index contributed by atoms with van der Waals surface area (Å²) in [5.74, 6) is -0.789. The van der Waals surface area contributed by atoms with E-state index in [1.165, 1.54) is 31.2 Å². The van der Waals surface area contributed by atoms with Gasteiger partial charge in [-0.1, -0.05) is 35.3 Å². The van der Waals surface area contributed by atoms with Crippen molar-refractivity contribution in [1.82, 2.24) is 15.8 Å². The first-order valence-corrected chi connectivity index (χ1v) is 9.59.